The topological polar surface area (TPSA) is 62.1 Å². The zero-order chi connectivity index (χ0) is 20.5. The Bertz CT molecular complexity index is 1210. The van der Waals surface area contributed by atoms with E-state index in [4.69, 9.17) is 26.1 Å². The van der Waals surface area contributed by atoms with Crippen molar-refractivity contribution < 1.29 is 9.47 Å². The molecule has 152 valence electrons. The molecule has 9 heteroatoms. The highest BCUT2D eigenvalue weighted by atomic mass is 35.5. The van der Waals surface area contributed by atoms with Gasteiger partial charge in [0.1, 0.15) is 5.01 Å². The fourth-order valence-corrected chi connectivity index (χ4v) is 5.20. The Labute approximate surface area is 186 Å². The Morgan fingerprint density at radius 1 is 1.10 bits per heavy atom. The maximum Gasteiger partial charge on any atom is 0.231 e. The van der Waals surface area contributed by atoms with Crippen molar-refractivity contribution in [2.24, 2.45) is 0 Å². The first-order valence-corrected chi connectivity index (χ1v) is 11.6. The van der Waals surface area contributed by atoms with E-state index in [0.717, 1.165) is 50.9 Å². The molecule has 2 aromatic carbocycles. The number of nitrogens with zero attached hydrogens (tertiary/aromatic N) is 4. The number of thiazole rings is 1. The highest BCUT2D eigenvalue weighted by Crippen LogP contribution is 2.37. The summed E-state index contributed by atoms with van der Waals surface area (Å²) in [6.45, 7) is 3.13. The molecule has 6 nitrogen and oxygen atoms in total. The minimum absolute atomic E-state index is 0.272. The number of thioether (sulfide) groups is 1. The van der Waals surface area contributed by atoms with E-state index < -0.39 is 0 Å². The van der Waals surface area contributed by atoms with Crippen molar-refractivity contribution >= 4 is 34.7 Å². The molecule has 2 aromatic heterocycles. The largest absolute Gasteiger partial charge is 0.454 e. The second-order valence-electron chi connectivity index (χ2n) is 6.56. The van der Waals surface area contributed by atoms with Crippen molar-refractivity contribution in [1.29, 1.82) is 0 Å². The number of aromatic nitrogens is 4. The van der Waals surface area contributed by atoms with Crippen molar-refractivity contribution in [3.05, 3.63) is 58.6 Å². The molecule has 4 aromatic rings. The first-order valence-electron chi connectivity index (χ1n) is 9.37. The van der Waals surface area contributed by atoms with Gasteiger partial charge in [-0.3, -0.25) is 0 Å². The summed E-state index contributed by atoms with van der Waals surface area (Å²) in [7, 11) is 0. The lowest BCUT2D eigenvalue weighted by atomic mass is 10.2. The van der Waals surface area contributed by atoms with Gasteiger partial charge in [-0.15, -0.1) is 21.5 Å². The van der Waals surface area contributed by atoms with E-state index >= 15 is 0 Å². The monoisotopic (exact) mass is 456 g/mol. The predicted molar refractivity (Wildman–Crippen MR) is 119 cm³/mol. The number of hydrogen-bond donors (Lipinski definition) is 0. The lowest BCUT2D eigenvalue weighted by Crippen LogP contribution is -2.00. The Balaban J connectivity index is 1.32. The molecule has 0 amide bonds. The van der Waals surface area contributed by atoms with Gasteiger partial charge in [0.15, 0.2) is 22.5 Å². The van der Waals surface area contributed by atoms with Gasteiger partial charge in [0, 0.05) is 33.8 Å². The number of ether oxygens (including phenoxy) is 2. The number of halogens is 1. The van der Waals surface area contributed by atoms with Gasteiger partial charge in [0.25, 0.3) is 0 Å². The first kappa shape index (κ1) is 19.4. The molecular weight excluding hydrogens is 440 g/mol. The van der Waals surface area contributed by atoms with Crippen molar-refractivity contribution in [2.45, 2.75) is 24.4 Å². The molecule has 30 heavy (non-hydrogen) atoms. The summed E-state index contributed by atoms with van der Waals surface area (Å²) in [5, 5.41) is 13.4. The Hall–Kier alpha value is -2.55. The van der Waals surface area contributed by atoms with Crippen molar-refractivity contribution in [1.82, 2.24) is 19.7 Å². The normalized spacial score (nSPS) is 12.5. The molecule has 0 aliphatic carbocycles. The minimum Gasteiger partial charge on any atom is -0.454 e. The third-order valence-corrected chi connectivity index (χ3v) is 6.81. The van der Waals surface area contributed by atoms with Crippen molar-refractivity contribution in [3.63, 3.8) is 0 Å². The van der Waals surface area contributed by atoms with Crippen LogP contribution in [0.15, 0.2) is 53.0 Å². The molecule has 0 spiro atoms. The molecule has 5 rings (SSSR count). The van der Waals surface area contributed by atoms with Crippen LogP contribution >= 0.6 is 34.7 Å². The molecule has 3 heterocycles. The third-order valence-electron chi connectivity index (χ3n) is 4.64. The fraction of sp³-hybridized carbons (Fsp3) is 0.190. The van der Waals surface area contributed by atoms with E-state index in [1.165, 1.54) is 0 Å². The summed E-state index contributed by atoms with van der Waals surface area (Å²) in [5.74, 6) is 3.08. The van der Waals surface area contributed by atoms with Gasteiger partial charge in [-0.1, -0.05) is 35.5 Å². The second-order valence-corrected chi connectivity index (χ2v) is 8.80. The van der Waals surface area contributed by atoms with Crippen LogP contribution in [-0.4, -0.2) is 26.5 Å². The van der Waals surface area contributed by atoms with Gasteiger partial charge >= 0.3 is 0 Å². The third kappa shape index (κ3) is 3.78. The Kier molecular flexibility index (Phi) is 5.37. The van der Waals surface area contributed by atoms with Crippen LogP contribution in [0.5, 0.6) is 11.5 Å². The van der Waals surface area contributed by atoms with E-state index in [0.29, 0.717) is 10.8 Å². The van der Waals surface area contributed by atoms with Gasteiger partial charge in [0.2, 0.25) is 6.79 Å². The van der Waals surface area contributed by atoms with Crippen LogP contribution in [0.1, 0.15) is 12.6 Å². The minimum atomic E-state index is 0.272. The van der Waals surface area contributed by atoms with Crippen LogP contribution in [0.2, 0.25) is 5.02 Å². The predicted octanol–water partition coefficient (Wildman–Crippen LogP) is 5.76. The number of benzene rings is 2. The van der Waals surface area contributed by atoms with Gasteiger partial charge in [-0.25, -0.2) is 4.98 Å². The number of fused-ring (bicyclic) bond motifs is 1. The lowest BCUT2D eigenvalue weighted by Gasteiger charge is -2.07. The average molecular weight is 457 g/mol. The highest BCUT2D eigenvalue weighted by Gasteiger charge is 2.17. The van der Waals surface area contributed by atoms with Gasteiger partial charge < -0.3 is 14.0 Å². The van der Waals surface area contributed by atoms with Gasteiger partial charge in [-0.2, -0.15) is 0 Å². The summed E-state index contributed by atoms with van der Waals surface area (Å²) < 4.78 is 12.9. The van der Waals surface area contributed by atoms with E-state index in [1.807, 2.05) is 42.5 Å². The number of hydrogen-bond acceptors (Lipinski definition) is 7. The second kappa shape index (κ2) is 8.29. The van der Waals surface area contributed by atoms with Crippen LogP contribution in [0.3, 0.4) is 0 Å². The van der Waals surface area contributed by atoms with E-state index in [2.05, 4.69) is 27.1 Å². The summed E-state index contributed by atoms with van der Waals surface area (Å²) in [4.78, 5) is 4.78. The molecule has 1 aliphatic heterocycles. The molecule has 0 saturated heterocycles. The maximum absolute atomic E-state index is 6.14. The zero-order valence-corrected chi connectivity index (χ0v) is 18.4. The van der Waals surface area contributed by atoms with Crippen LogP contribution in [0.4, 0.5) is 0 Å². The summed E-state index contributed by atoms with van der Waals surface area (Å²) in [5.41, 5.74) is 3.00. The van der Waals surface area contributed by atoms with Gasteiger partial charge in [-0.05, 0) is 37.3 Å². The molecule has 0 saturated carbocycles. The van der Waals surface area contributed by atoms with Crippen molar-refractivity contribution in [2.75, 3.05) is 6.79 Å². The SMILES string of the molecule is CCn1c(SCc2csc(-c3ccc4c(c3)OCO4)n2)nnc1-c1cccc(Cl)c1. The van der Waals surface area contributed by atoms with E-state index in [9.17, 15) is 0 Å². The summed E-state index contributed by atoms with van der Waals surface area (Å²) in [6, 6.07) is 13.6. The highest BCUT2D eigenvalue weighted by molar-refractivity contribution is 7.98. The first-order chi connectivity index (χ1) is 14.7. The molecule has 0 atom stereocenters. The Morgan fingerprint density at radius 2 is 2.00 bits per heavy atom. The Morgan fingerprint density at radius 3 is 2.87 bits per heavy atom. The summed E-state index contributed by atoms with van der Waals surface area (Å²) in [6.07, 6.45) is 0. The van der Waals surface area contributed by atoms with Crippen LogP contribution in [0.25, 0.3) is 22.0 Å². The molecule has 0 fully saturated rings. The molecule has 0 unspecified atom stereocenters. The van der Waals surface area contributed by atoms with Gasteiger partial charge in [0.05, 0.1) is 5.69 Å². The molecule has 0 radical (unpaired) electrons. The molecule has 0 N–H and O–H groups in total. The zero-order valence-electron chi connectivity index (χ0n) is 16.0. The molecule has 0 bridgehead atoms. The lowest BCUT2D eigenvalue weighted by molar-refractivity contribution is 0.174. The summed E-state index contributed by atoms with van der Waals surface area (Å²) >= 11 is 9.39. The van der Waals surface area contributed by atoms with Crippen molar-refractivity contribution in [3.8, 4) is 33.5 Å². The van der Waals surface area contributed by atoms with Crippen LogP contribution in [-0.2, 0) is 12.3 Å². The smallest absolute Gasteiger partial charge is 0.231 e. The van der Waals surface area contributed by atoms with E-state index in [-0.39, 0.29) is 6.79 Å². The van der Waals surface area contributed by atoms with Crippen LogP contribution in [0, 0.1) is 0 Å². The molecule has 1 aliphatic rings. The average Bonchev–Trinajstić information content (AvgIpc) is 3.50. The van der Waals surface area contributed by atoms with E-state index in [1.54, 1.807) is 23.1 Å². The quantitative estimate of drug-likeness (QED) is 0.343. The fourth-order valence-electron chi connectivity index (χ4n) is 3.20. The molecular formula is C21H17ClN4O2S2. The number of rotatable bonds is 6. The standard InChI is InChI=1S/C21H17ClN4O2S2/c1-2-26-19(13-4-3-5-15(22)8-13)24-25-21(26)30-11-16-10-29-20(23-16)14-6-7-17-18(9-14)28-12-27-17/h3-10H,2,11-12H2,1H3. The maximum atomic E-state index is 6.14. The van der Waals surface area contributed by atoms with Crippen LogP contribution < -0.4 is 9.47 Å².